The Morgan fingerprint density at radius 1 is 1.26 bits per heavy atom. The van der Waals surface area contributed by atoms with Gasteiger partial charge in [-0.2, -0.15) is 0 Å². The second-order valence-corrected chi connectivity index (χ2v) is 9.61. The number of aromatic nitrogens is 2. The average Bonchev–Trinajstić information content (AvgIpc) is 2.74. The molecule has 0 bridgehead atoms. The molecule has 1 aliphatic heterocycles. The zero-order valence-corrected chi connectivity index (χ0v) is 18.9. The summed E-state index contributed by atoms with van der Waals surface area (Å²) in [6.45, 7) is 3.50. The van der Waals surface area contributed by atoms with Gasteiger partial charge in [0.05, 0.1) is 4.90 Å². The molecule has 162 valence electrons. The van der Waals surface area contributed by atoms with Gasteiger partial charge < -0.3 is 9.64 Å². The minimum absolute atomic E-state index is 0.109. The van der Waals surface area contributed by atoms with Gasteiger partial charge in [0.25, 0.3) is 10.0 Å². The van der Waals surface area contributed by atoms with Gasteiger partial charge in [-0.1, -0.05) is 23.7 Å². The van der Waals surface area contributed by atoms with Crippen LogP contribution in [0, 0.1) is 6.92 Å². The maximum Gasteiger partial charge on any atom is 0.263 e. The molecule has 0 fully saturated rings. The average molecular weight is 459 g/mol. The zero-order chi connectivity index (χ0) is 22.0. The van der Waals surface area contributed by atoms with Gasteiger partial charge in [-0.15, -0.1) is 0 Å². The second-order valence-electron chi connectivity index (χ2n) is 7.55. The highest BCUT2D eigenvalue weighted by Crippen LogP contribution is 2.32. The Labute approximate surface area is 187 Å². The predicted molar refractivity (Wildman–Crippen MR) is 120 cm³/mol. The van der Waals surface area contributed by atoms with Gasteiger partial charge in [0.15, 0.2) is 11.6 Å². The summed E-state index contributed by atoms with van der Waals surface area (Å²) >= 11 is 6.14. The van der Waals surface area contributed by atoms with E-state index >= 15 is 0 Å². The number of sulfonamides is 1. The molecule has 1 N–H and O–H groups in total. The van der Waals surface area contributed by atoms with E-state index < -0.39 is 10.0 Å². The highest BCUT2D eigenvalue weighted by molar-refractivity contribution is 7.92. The Morgan fingerprint density at radius 3 is 2.87 bits per heavy atom. The van der Waals surface area contributed by atoms with E-state index in [0.717, 1.165) is 36.3 Å². The number of nitrogens with one attached hydrogen (secondary N) is 1. The Morgan fingerprint density at radius 2 is 2.10 bits per heavy atom. The number of hydrogen-bond acceptors (Lipinski definition) is 6. The monoisotopic (exact) mass is 458 g/mol. The first-order valence-electron chi connectivity index (χ1n) is 9.84. The van der Waals surface area contributed by atoms with Crippen LogP contribution in [0.1, 0.15) is 22.4 Å². The number of halogens is 1. The molecule has 0 aliphatic carbocycles. The molecule has 7 nitrogen and oxygen atoms in total. The van der Waals surface area contributed by atoms with Crippen molar-refractivity contribution in [1.82, 2.24) is 14.9 Å². The Kier molecular flexibility index (Phi) is 6.13. The first-order chi connectivity index (χ1) is 14.8. The molecular formula is C22H23ClN4O3S. The molecule has 2 aromatic heterocycles. The summed E-state index contributed by atoms with van der Waals surface area (Å²) in [5.41, 5.74) is 3.25. The molecule has 0 atom stereocenters. The van der Waals surface area contributed by atoms with E-state index in [-0.39, 0.29) is 17.3 Å². The molecule has 3 heterocycles. The predicted octanol–water partition coefficient (Wildman–Crippen LogP) is 3.81. The minimum atomic E-state index is -3.91. The molecule has 1 aliphatic rings. The molecule has 0 spiro atoms. The number of anilines is 1. The van der Waals surface area contributed by atoms with Gasteiger partial charge in [-0.25, -0.2) is 13.4 Å². The molecule has 0 radical (unpaired) electrons. The van der Waals surface area contributed by atoms with E-state index in [4.69, 9.17) is 16.3 Å². The van der Waals surface area contributed by atoms with Crippen LogP contribution in [-0.2, 0) is 29.6 Å². The molecule has 0 saturated carbocycles. The molecule has 0 amide bonds. The molecule has 4 rings (SSSR count). The highest BCUT2D eigenvalue weighted by Gasteiger charge is 2.24. The van der Waals surface area contributed by atoms with Crippen molar-refractivity contribution in [3.8, 4) is 5.75 Å². The lowest BCUT2D eigenvalue weighted by Crippen LogP contribution is -2.28. The Bertz CT molecular complexity index is 1200. The molecule has 3 aromatic rings. The van der Waals surface area contributed by atoms with Crippen molar-refractivity contribution in [1.29, 1.82) is 0 Å². The quantitative estimate of drug-likeness (QED) is 0.604. The van der Waals surface area contributed by atoms with Crippen molar-refractivity contribution in [2.75, 3.05) is 18.3 Å². The van der Waals surface area contributed by atoms with Crippen LogP contribution in [-0.4, -0.2) is 36.9 Å². The minimum Gasteiger partial charge on any atom is -0.485 e. The van der Waals surface area contributed by atoms with Crippen molar-refractivity contribution in [3.63, 3.8) is 0 Å². The van der Waals surface area contributed by atoms with Gasteiger partial charge in [0.1, 0.15) is 6.61 Å². The lowest BCUT2D eigenvalue weighted by Gasteiger charge is -2.26. The van der Waals surface area contributed by atoms with E-state index in [1.54, 1.807) is 31.5 Å². The number of ether oxygens (including phenoxy) is 1. The van der Waals surface area contributed by atoms with Gasteiger partial charge >= 0.3 is 0 Å². The maximum atomic E-state index is 13.1. The van der Waals surface area contributed by atoms with Gasteiger partial charge in [-0.3, -0.25) is 9.71 Å². The summed E-state index contributed by atoms with van der Waals surface area (Å²) in [5, 5.41) is 0.386. The fourth-order valence-electron chi connectivity index (χ4n) is 3.48. The van der Waals surface area contributed by atoms with Crippen LogP contribution in [0.4, 0.5) is 5.82 Å². The number of likely N-dealkylation sites (N-methyl/N-ethyl adjacent to an activating group) is 1. The summed E-state index contributed by atoms with van der Waals surface area (Å²) in [6, 6.07) is 10.4. The highest BCUT2D eigenvalue weighted by atomic mass is 35.5. The number of fused-ring (bicyclic) bond motifs is 1. The van der Waals surface area contributed by atoms with Gasteiger partial charge in [0, 0.05) is 48.2 Å². The van der Waals surface area contributed by atoms with E-state index in [1.165, 1.54) is 6.07 Å². The summed E-state index contributed by atoms with van der Waals surface area (Å²) in [7, 11) is -1.87. The summed E-state index contributed by atoms with van der Waals surface area (Å²) in [6.07, 6.45) is 4.13. The fourth-order valence-corrected chi connectivity index (χ4v) is 4.99. The molecule has 1 aromatic carbocycles. The topological polar surface area (TPSA) is 84.4 Å². The normalized spacial score (nSPS) is 14.2. The third kappa shape index (κ3) is 4.81. The van der Waals surface area contributed by atoms with E-state index in [1.807, 2.05) is 25.2 Å². The first kappa shape index (κ1) is 21.5. The summed E-state index contributed by atoms with van der Waals surface area (Å²) < 4.78 is 34.9. The van der Waals surface area contributed by atoms with E-state index in [2.05, 4.69) is 19.6 Å². The third-order valence-corrected chi connectivity index (χ3v) is 7.08. The van der Waals surface area contributed by atoms with Crippen LogP contribution in [0.5, 0.6) is 5.75 Å². The first-order valence-corrected chi connectivity index (χ1v) is 11.7. The van der Waals surface area contributed by atoms with Gasteiger partial charge in [0.2, 0.25) is 0 Å². The number of pyridine rings is 2. The smallest absolute Gasteiger partial charge is 0.263 e. The van der Waals surface area contributed by atoms with Crippen molar-refractivity contribution >= 4 is 27.4 Å². The molecule has 31 heavy (non-hydrogen) atoms. The standard InChI is InChI=1S/C22H23ClN4O3S/c1-15-18(23)6-3-7-21(15)31(28,29)26-22-20(30-14-16-5-4-9-24-12-16)11-17-13-27(2)10-8-19(17)25-22/h3-7,9,11-12H,8,10,13-14H2,1-2H3,(H,25,26). The Hall–Kier alpha value is -2.68. The van der Waals surface area contributed by atoms with Crippen LogP contribution in [0.15, 0.2) is 53.7 Å². The van der Waals surface area contributed by atoms with Crippen molar-refractivity contribution in [3.05, 3.63) is 76.2 Å². The van der Waals surface area contributed by atoms with Crippen LogP contribution in [0.3, 0.4) is 0 Å². The number of benzene rings is 1. The van der Waals surface area contributed by atoms with E-state index in [0.29, 0.717) is 16.3 Å². The Balaban J connectivity index is 1.70. The molecule has 0 unspecified atom stereocenters. The third-order valence-electron chi connectivity index (χ3n) is 5.18. The van der Waals surface area contributed by atoms with Crippen LogP contribution < -0.4 is 9.46 Å². The van der Waals surface area contributed by atoms with Crippen LogP contribution >= 0.6 is 11.6 Å². The fraction of sp³-hybridized carbons (Fsp3) is 0.273. The lowest BCUT2D eigenvalue weighted by molar-refractivity contribution is 0.295. The van der Waals surface area contributed by atoms with Crippen molar-refractivity contribution < 1.29 is 13.2 Å². The summed E-state index contributed by atoms with van der Waals surface area (Å²) in [5.74, 6) is 0.549. The molecule has 0 saturated heterocycles. The van der Waals surface area contributed by atoms with Crippen molar-refractivity contribution in [2.45, 2.75) is 31.4 Å². The second kappa shape index (κ2) is 8.82. The SMILES string of the molecule is Cc1c(Cl)cccc1S(=O)(=O)Nc1nc2c(cc1OCc1cccnc1)CN(C)CC2. The molecule has 9 heteroatoms. The summed E-state index contributed by atoms with van der Waals surface area (Å²) in [4.78, 5) is 11.0. The number of hydrogen-bond donors (Lipinski definition) is 1. The van der Waals surface area contributed by atoms with Crippen LogP contribution in [0.25, 0.3) is 0 Å². The lowest BCUT2D eigenvalue weighted by atomic mass is 10.1. The van der Waals surface area contributed by atoms with Crippen molar-refractivity contribution in [2.24, 2.45) is 0 Å². The number of rotatable bonds is 6. The van der Waals surface area contributed by atoms with Gasteiger partial charge in [-0.05, 0) is 49.4 Å². The zero-order valence-electron chi connectivity index (χ0n) is 17.3. The largest absolute Gasteiger partial charge is 0.485 e. The van der Waals surface area contributed by atoms with E-state index in [9.17, 15) is 8.42 Å². The number of nitrogens with zero attached hydrogens (tertiary/aromatic N) is 3. The maximum absolute atomic E-state index is 13.1. The van der Waals surface area contributed by atoms with Crippen LogP contribution in [0.2, 0.25) is 5.02 Å². The molecular weight excluding hydrogens is 436 g/mol.